The van der Waals surface area contributed by atoms with Gasteiger partial charge in [0.2, 0.25) is 0 Å². The third kappa shape index (κ3) is 2.72. The number of allylic oxidation sites excluding steroid dienone is 1. The zero-order chi connectivity index (χ0) is 17.1. The number of fused-ring (bicyclic) bond motifs is 1. The van der Waals surface area contributed by atoms with E-state index in [-0.39, 0.29) is 11.1 Å². The molecule has 2 amide bonds. The SMILES string of the molecule is C=CCC(C(=O)ON1C(=O)c2ccccc2C1=O)c1ccccc1. The number of carbonyl (C=O) groups is 3. The van der Waals surface area contributed by atoms with E-state index in [0.717, 1.165) is 5.56 Å². The van der Waals surface area contributed by atoms with Gasteiger partial charge in [0.05, 0.1) is 17.0 Å². The molecule has 0 N–H and O–H groups in total. The van der Waals surface area contributed by atoms with E-state index in [4.69, 9.17) is 4.84 Å². The van der Waals surface area contributed by atoms with Crippen molar-refractivity contribution in [2.45, 2.75) is 12.3 Å². The summed E-state index contributed by atoms with van der Waals surface area (Å²) in [6.07, 6.45) is 1.94. The predicted molar refractivity (Wildman–Crippen MR) is 87.0 cm³/mol. The van der Waals surface area contributed by atoms with Crippen molar-refractivity contribution in [3.63, 3.8) is 0 Å². The van der Waals surface area contributed by atoms with Gasteiger partial charge in [0.15, 0.2) is 0 Å². The summed E-state index contributed by atoms with van der Waals surface area (Å²) in [5.41, 5.74) is 1.20. The van der Waals surface area contributed by atoms with E-state index in [1.807, 2.05) is 6.07 Å². The van der Waals surface area contributed by atoms with Gasteiger partial charge in [-0.05, 0) is 24.1 Å². The fraction of sp³-hybridized carbons (Fsp3) is 0.105. The van der Waals surface area contributed by atoms with E-state index >= 15 is 0 Å². The second-order valence-corrected chi connectivity index (χ2v) is 5.35. The highest BCUT2D eigenvalue weighted by atomic mass is 16.7. The average molecular weight is 321 g/mol. The molecule has 1 heterocycles. The fourth-order valence-electron chi connectivity index (χ4n) is 2.62. The molecule has 1 unspecified atom stereocenters. The molecule has 2 aromatic rings. The lowest BCUT2D eigenvalue weighted by Crippen LogP contribution is -2.34. The highest BCUT2D eigenvalue weighted by Crippen LogP contribution is 2.26. The Hall–Kier alpha value is -3.21. The molecule has 0 fully saturated rings. The Morgan fingerprint density at radius 3 is 2.08 bits per heavy atom. The van der Waals surface area contributed by atoms with E-state index in [1.54, 1.807) is 42.5 Å². The normalized spacial score (nSPS) is 14.2. The van der Waals surface area contributed by atoms with Crippen LogP contribution in [-0.4, -0.2) is 22.8 Å². The largest absolute Gasteiger partial charge is 0.340 e. The van der Waals surface area contributed by atoms with E-state index in [1.165, 1.54) is 12.1 Å². The first-order chi connectivity index (χ1) is 11.6. The van der Waals surface area contributed by atoms with E-state index in [9.17, 15) is 14.4 Å². The van der Waals surface area contributed by atoms with Crippen LogP contribution in [0.3, 0.4) is 0 Å². The van der Waals surface area contributed by atoms with Crippen molar-refractivity contribution in [2.75, 3.05) is 0 Å². The van der Waals surface area contributed by atoms with Crippen molar-refractivity contribution in [2.24, 2.45) is 0 Å². The smallest absolute Gasteiger partial charge is 0.329 e. The molecule has 5 nitrogen and oxygen atoms in total. The summed E-state index contributed by atoms with van der Waals surface area (Å²) < 4.78 is 0. The van der Waals surface area contributed by atoms with Crippen LogP contribution in [0.2, 0.25) is 0 Å². The number of hydroxylamine groups is 2. The van der Waals surface area contributed by atoms with Crippen molar-refractivity contribution >= 4 is 17.8 Å². The number of hydrogen-bond acceptors (Lipinski definition) is 4. The minimum atomic E-state index is -0.671. The first-order valence-corrected chi connectivity index (χ1v) is 7.49. The molecular weight excluding hydrogens is 306 g/mol. The van der Waals surface area contributed by atoms with Crippen LogP contribution >= 0.6 is 0 Å². The third-order valence-electron chi connectivity index (χ3n) is 3.83. The molecule has 0 radical (unpaired) electrons. The standard InChI is InChI=1S/C19H15NO4/c1-2-8-14(13-9-4-3-5-10-13)19(23)24-20-17(21)15-11-6-7-12-16(15)18(20)22/h2-7,9-12,14H,1,8H2. The molecule has 0 aromatic heterocycles. The molecule has 5 heteroatoms. The Labute approximate surface area is 139 Å². The number of benzene rings is 2. The predicted octanol–water partition coefficient (Wildman–Crippen LogP) is 3.10. The number of hydrogen-bond donors (Lipinski definition) is 0. The molecular formula is C19H15NO4. The summed E-state index contributed by atoms with van der Waals surface area (Å²) in [5, 5.41) is 0.534. The summed E-state index contributed by atoms with van der Waals surface area (Å²) in [7, 11) is 0. The number of rotatable bonds is 5. The molecule has 0 bridgehead atoms. The summed E-state index contributed by atoms with van der Waals surface area (Å²) >= 11 is 0. The fourth-order valence-corrected chi connectivity index (χ4v) is 2.62. The molecule has 24 heavy (non-hydrogen) atoms. The molecule has 1 aliphatic rings. The highest BCUT2D eigenvalue weighted by Gasteiger charge is 2.39. The summed E-state index contributed by atoms with van der Waals surface area (Å²) in [6, 6.07) is 15.4. The Balaban J connectivity index is 1.83. The first kappa shape index (κ1) is 15.7. The monoisotopic (exact) mass is 321 g/mol. The molecule has 1 atom stereocenters. The van der Waals surface area contributed by atoms with Gasteiger partial charge in [0.25, 0.3) is 11.8 Å². The van der Waals surface area contributed by atoms with Gasteiger partial charge in [-0.1, -0.05) is 53.6 Å². The van der Waals surface area contributed by atoms with Gasteiger partial charge in [0, 0.05) is 0 Å². The van der Waals surface area contributed by atoms with Crippen molar-refractivity contribution in [3.8, 4) is 0 Å². The number of amides is 2. The number of nitrogens with zero attached hydrogens (tertiary/aromatic N) is 1. The zero-order valence-electron chi connectivity index (χ0n) is 12.8. The van der Waals surface area contributed by atoms with E-state index < -0.39 is 23.7 Å². The maximum atomic E-state index is 12.5. The Morgan fingerprint density at radius 1 is 1.00 bits per heavy atom. The van der Waals surface area contributed by atoms with E-state index in [0.29, 0.717) is 11.5 Å². The Bertz CT molecular complexity index is 778. The average Bonchev–Trinajstić information content (AvgIpc) is 2.85. The van der Waals surface area contributed by atoms with Crippen LogP contribution in [0.5, 0.6) is 0 Å². The summed E-state index contributed by atoms with van der Waals surface area (Å²) in [5.74, 6) is -2.56. The summed E-state index contributed by atoms with van der Waals surface area (Å²) in [4.78, 5) is 42.2. The quantitative estimate of drug-likeness (QED) is 0.627. The van der Waals surface area contributed by atoms with Crippen LogP contribution in [0.1, 0.15) is 38.6 Å². The first-order valence-electron chi connectivity index (χ1n) is 7.49. The second kappa shape index (κ2) is 6.50. The van der Waals surface area contributed by atoms with Crippen LogP contribution in [-0.2, 0) is 9.63 Å². The molecule has 2 aromatic carbocycles. The molecule has 3 rings (SSSR count). The molecule has 120 valence electrons. The van der Waals surface area contributed by atoms with Crippen molar-refractivity contribution in [1.29, 1.82) is 0 Å². The van der Waals surface area contributed by atoms with Crippen LogP contribution in [0.4, 0.5) is 0 Å². The zero-order valence-corrected chi connectivity index (χ0v) is 12.8. The van der Waals surface area contributed by atoms with Crippen molar-refractivity contribution in [1.82, 2.24) is 5.06 Å². The van der Waals surface area contributed by atoms with Gasteiger partial charge in [-0.25, -0.2) is 4.79 Å². The maximum Gasteiger partial charge on any atom is 0.340 e. The van der Waals surface area contributed by atoms with Gasteiger partial charge in [-0.3, -0.25) is 9.59 Å². The molecule has 0 spiro atoms. The lowest BCUT2D eigenvalue weighted by atomic mass is 9.96. The minimum absolute atomic E-state index is 0.232. The molecule has 0 saturated heterocycles. The topological polar surface area (TPSA) is 63.7 Å². The van der Waals surface area contributed by atoms with Gasteiger partial charge in [0.1, 0.15) is 0 Å². The highest BCUT2D eigenvalue weighted by molar-refractivity contribution is 6.20. The lowest BCUT2D eigenvalue weighted by molar-refractivity contribution is -0.170. The Morgan fingerprint density at radius 2 is 1.54 bits per heavy atom. The summed E-state index contributed by atoms with van der Waals surface area (Å²) in [6.45, 7) is 3.65. The van der Waals surface area contributed by atoms with Crippen molar-refractivity contribution < 1.29 is 19.2 Å². The number of imide groups is 1. The van der Waals surface area contributed by atoms with Crippen LogP contribution in [0, 0.1) is 0 Å². The van der Waals surface area contributed by atoms with E-state index in [2.05, 4.69) is 6.58 Å². The van der Waals surface area contributed by atoms with Crippen LogP contribution in [0.15, 0.2) is 67.3 Å². The van der Waals surface area contributed by atoms with Gasteiger partial charge in [-0.2, -0.15) is 0 Å². The van der Waals surface area contributed by atoms with Crippen molar-refractivity contribution in [3.05, 3.63) is 83.9 Å². The van der Waals surface area contributed by atoms with Gasteiger partial charge >= 0.3 is 5.97 Å². The van der Waals surface area contributed by atoms with Gasteiger partial charge in [-0.15, -0.1) is 6.58 Å². The number of carbonyl (C=O) groups excluding carboxylic acids is 3. The maximum absolute atomic E-state index is 12.5. The van der Waals surface area contributed by atoms with Crippen LogP contribution < -0.4 is 0 Å². The molecule has 0 aliphatic carbocycles. The van der Waals surface area contributed by atoms with Gasteiger partial charge < -0.3 is 4.84 Å². The second-order valence-electron chi connectivity index (χ2n) is 5.35. The van der Waals surface area contributed by atoms with Crippen LogP contribution in [0.25, 0.3) is 0 Å². The molecule has 0 saturated carbocycles. The minimum Gasteiger partial charge on any atom is -0.329 e. The lowest BCUT2D eigenvalue weighted by Gasteiger charge is -2.18. The Kier molecular flexibility index (Phi) is 4.24. The molecule has 1 aliphatic heterocycles. The third-order valence-corrected chi connectivity index (χ3v) is 3.83.